The number of piperidine rings is 1. The minimum Gasteiger partial charge on any atom is -0.384 e. The average molecular weight is 336 g/mol. The molecule has 24 heavy (non-hydrogen) atoms. The molecule has 6 heteroatoms. The highest BCUT2D eigenvalue weighted by molar-refractivity contribution is 5.78. The molecule has 1 amide bonds. The summed E-state index contributed by atoms with van der Waals surface area (Å²) in [5.41, 5.74) is 0. The Kier molecular flexibility index (Phi) is 7.47. The molecule has 6 nitrogen and oxygen atoms in total. The van der Waals surface area contributed by atoms with Crippen molar-refractivity contribution in [1.29, 1.82) is 5.26 Å². The first kappa shape index (κ1) is 19.2. The number of nitriles is 1. The maximum absolute atomic E-state index is 12.6. The number of methoxy groups -OCH3 is 1. The van der Waals surface area contributed by atoms with Gasteiger partial charge < -0.3 is 9.64 Å². The third kappa shape index (κ3) is 5.17. The van der Waals surface area contributed by atoms with Crippen LogP contribution in [0.4, 0.5) is 0 Å². The number of likely N-dealkylation sites (tertiary alicyclic amines) is 1. The van der Waals surface area contributed by atoms with Crippen molar-refractivity contribution >= 4 is 5.91 Å². The van der Waals surface area contributed by atoms with E-state index in [2.05, 4.69) is 29.7 Å². The summed E-state index contributed by atoms with van der Waals surface area (Å²) in [6.07, 6.45) is 2.34. The van der Waals surface area contributed by atoms with Crippen molar-refractivity contribution in [3.8, 4) is 6.07 Å². The van der Waals surface area contributed by atoms with Crippen LogP contribution >= 0.6 is 0 Å². The summed E-state index contributed by atoms with van der Waals surface area (Å²) in [7, 11) is 1.75. The summed E-state index contributed by atoms with van der Waals surface area (Å²) in [4.78, 5) is 19.0. The fourth-order valence-corrected chi connectivity index (χ4v) is 3.86. The van der Waals surface area contributed by atoms with E-state index >= 15 is 0 Å². The molecule has 2 heterocycles. The minimum absolute atomic E-state index is 0.0425. The number of nitrogens with zero attached hydrogens (tertiary/aromatic N) is 4. The van der Waals surface area contributed by atoms with Gasteiger partial charge in [0, 0.05) is 39.8 Å². The van der Waals surface area contributed by atoms with Gasteiger partial charge in [-0.05, 0) is 31.2 Å². The van der Waals surface area contributed by atoms with E-state index in [1.807, 2.05) is 4.90 Å². The average Bonchev–Trinajstić information content (AvgIpc) is 2.56. The van der Waals surface area contributed by atoms with Crippen molar-refractivity contribution in [3.63, 3.8) is 0 Å². The highest BCUT2D eigenvalue weighted by Crippen LogP contribution is 2.17. The third-order valence-corrected chi connectivity index (χ3v) is 5.19. The van der Waals surface area contributed by atoms with E-state index in [1.165, 1.54) is 6.42 Å². The van der Waals surface area contributed by atoms with Gasteiger partial charge in [0.15, 0.2) is 0 Å². The number of hydrogen-bond acceptors (Lipinski definition) is 5. The van der Waals surface area contributed by atoms with Crippen LogP contribution in [0.3, 0.4) is 0 Å². The van der Waals surface area contributed by atoms with Crippen LogP contribution in [0.15, 0.2) is 0 Å². The van der Waals surface area contributed by atoms with Crippen LogP contribution in [0.5, 0.6) is 0 Å². The normalized spacial score (nSPS) is 24.8. The summed E-state index contributed by atoms with van der Waals surface area (Å²) in [6, 6.07) is 2.36. The summed E-state index contributed by atoms with van der Waals surface area (Å²) < 4.78 is 5.26. The van der Waals surface area contributed by atoms with E-state index in [-0.39, 0.29) is 11.9 Å². The molecule has 136 valence electrons. The van der Waals surface area contributed by atoms with Crippen molar-refractivity contribution in [2.24, 2.45) is 11.8 Å². The van der Waals surface area contributed by atoms with Gasteiger partial charge >= 0.3 is 0 Å². The monoisotopic (exact) mass is 336 g/mol. The van der Waals surface area contributed by atoms with Crippen LogP contribution in [0.1, 0.15) is 26.7 Å². The molecular weight excluding hydrogens is 304 g/mol. The van der Waals surface area contributed by atoms with Gasteiger partial charge in [-0.1, -0.05) is 13.8 Å². The predicted molar refractivity (Wildman–Crippen MR) is 93.4 cm³/mol. The highest BCUT2D eigenvalue weighted by atomic mass is 16.5. The van der Waals surface area contributed by atoms with Crippen LogP contribution < -0.4 is 0 Å². The lowest BCUT2D eigenvalue weighted by atomic mass is 9.99. The van der Waals surface area contributed by atoms with Gasteiger partial charge in [0.05, 0.1) is 19.2 Å². The van der Waals surface area contributed by atoms with E-state index in [4.69, 9.17) is 4.74 Å². The molecule has 0 aromatic carbocycles. The molecule has 2 saturated heterocycles. The summed E-state index contributed by atoms with van der Waals surface area (Å²) in [6.45, 7) is 10.5. The van der Waals surface area contributed by atoms with Gasteiger partial charge in [-0.3, -0.25) is 14.6 Å². The largest absolute Gasteiger partial charge is 0.384 e. The lowest BCUT2D eigenvalue weighted by Gasteiger charge is -2.39. The van der Waals surface area contributed by atoms with Crippen molar-refractivity contribution < 1.29 is 9.53 Å². The Morgan fingerprint density at radius 2 is 1.96 bits per heavy atom. The lowest BCUT2D eigenvalue weighted by molar-refractivity contribution is -0.135. The number of carbonyl (C=O) groups is 1. The van der Waals surface area contributed by atoms with Crippen LogP contribution in [0, 0.1) is 23.2 Å². The highest BCUT2D eigenvalue weighted by Gasteiger charge is 2.29. The van der Waals surface area contributed by atoms with Gasteiger partial charge in [0.1, 0.15) is 6.04 Å². The van der Waals surface area contributed by atoms with E-state index < -0.39 is 0 Å². The number of amides is 1. The molecule has 0 aromatic rings. The molecule has 0 aromatic heterocycles. The first-order valence-electron chi connectivity index (χ1n) is 9.18. The first-order valence-corrected chi connectivity index (χ1v) is 9.18. The number of hydrogen-bond donors (Lipinski definition) is 0. The molecule has 0 radical (unpaired) electrons. The summed E-state index contributed by atoms with van der Waals surface area (Å²) in [5, 5.41) is 9.32. The van der Waals surface area contributed by atoms with Crippen molar-refractivity contribution in [2.45, 2.75) is 32.7 Å². The Bertz CT molecular complexity index is 439. The Balaban J connectivity index is 1.77. The topological polar surface area (TPSA) is 59.8 Å². The Labute approximate surface area is 146 Å². The van der Waals surface area contributed by atoms with Crippen molar-refractivity contribution in [3.05, 3.63) is 0 Å². The smallest absolute Gasteiger partial charge is 0.236 e. The molecular formula is C18H32N4O2. The molecule has 0 unspecified atom stereocenters. The number of ether oxygens (including phenoxy) is 1. The van der Waals surface area contributed by atoms with E-state index in [9.17, 15) is 10.1 Å². The molecule has 2 rings (SSSR count). The maximum atomic E-state index is 12.6. The van der Waals surface area contributed by atoms with Crippen LogP contribution in [-0.4, -0.2) is 86.2 Å². The zero-order chi connectivity index (χ0) is 17.5. The molecule has 2 atom stereocenters. The summed E-state index contributed by atoms with van der Waals surface area (Å²) in [5.74, 6) is 1.10. The summed E-state index contributed by atoms with van der Waals surface area (Å²) >= 11 is 0. The van der Waals surface area contributed by atoms with Gasteiger partial charge in [-0.15, -0.1) is 0 Å². The SMILES string of the molecule is COC[C@@H]1CCCN(CC(=O)N2CCN([C@H](C#N)C(C)C)CC2)C1. The fraction of sp³-hybridized carbons (Fsp3) is 0.889. The third-order valence-electron chi connectivity index (χ3n) is 5.19. The van der Waals surface area contributed by atoms with Gasteiger partial charge in [-0.25, -0.2) is 0 Å². The van der Waals surface area contributed by atoms with E-state index in [0.717, 1.165) is 52.3 Å². The minimum atomic E-state index is -0.0425. The molecule has 0 saturated carbocycles. The maximum Gasteiger partial charge on any atom is 0.236 e. The van der Waals surface area contributed by atoms with Crippen LogP contribution in [-0.2, 0) is 9.53 Å². The molecule has 2 fully saturated rings. The number of piperazine rings is 1. The molecule has 2 aliphatic heterocycles. The molecule has 0 spiro atoms. The quantitative estimate of drug-likeness (QED) is 0.725. The molecule has 2 aliphatic rings. The zero-order valence-electron chi connectivity index (χ0n) is 15.4. The van der Waals surface area contributed by atoms with Crippen molar-refractivity contribution in [1.82, 2.24) is 14.7 Å². The number of carbonyl (C=O) groups excluding carboxylic acids is 1. The van der Waals surface area contributed by atoms with Crippen LogP contribution in [0.2, 0.25) is 0 Å². The molecule has 0 N–H and O–H groups in total. The standard InChI is InChI=1S/C18H32N4O2/c1-15(2)17(11-19)21-7-9-22(10-8-21)18(23)13-20-6-4-5-16(12-20)14-24-3/h15-17H,4-10,12-14H2,1-3H3/t16-,17-/m1/s1. The number of rotatable bonds is 6. The van der Waals surface area contributed by atoms with Gasteiger partial charge in [-0.2, -0.15) is 5.26 Å². The zero-order valence-corrected chi connectivity index (χ0v) is 15.4. The Morgan fingerprint density at radius 3 is 2.54 bits per heavy atom. The van der Waals surface area contributed by atoms with Gasteiger partial charge in [0.25, 0.3) is 0 Å². The van der Waals surface area contributed by atoms with Crippen LogP contribution in [0.25, 0.3) is 0 Å². The Hall–Kier alpha value is -1.16. The van der Waals surface area contributed by atoms with Gasteiger partial charge in [0.2, 0.25) is 5.91 Å². The fourth-order valence-electron chi connectivity index (χ4n) is 3.86. The first-order chi connectivity index (χ1) is 11.5. The van der Waals surface area contributed by atoms with E-state index in [1.54, 1.807) is 7.11 Å². The Morgan fingerprint density at radius 1 is 1.25 bits per heavy atom. The van der Waals surface area contributed by atoms with E-state index in [0.29, 0.717) is 18.4 Å². The second-order valence-corrected chi connectivity index (χ2v) is 7.43. The molecule has 0 bridgehead atoms. The second-order valence-electron chi connectivity index (χ2n) is 7.43. The molecule has 0 aliphatic carbocycles. The predicted octanol–water partition coefficient (Wildman–Crippen LogP) is 1.04. The van der Waals surface area contributed by atoms with Crippen molar-refractivity contribution in [2.75, 3.05) is 59.5 Å². The lowest BCUT2D eigenvalue weighted by Crippen LogP contribution is -2.54. The second kappa shape index (κ2) is 9.36.